The minimum absolute atomic E-state index is 0.0417. The smallest absolute Gasteiger partial charge is 0.223 e. The molecule has 106 valence electrons. The molecule has 0 spiro atoms. The third-order valence-electron chi connectivity index (χ3n) is 2.57. The number of ether oxygens (including phenoxy) is 1. The van der Waals surface area contributed by atoms with Crippen LogP contribution in [0.25, 0.3) is 0 Å². The molecule has 0 unspecified atom stereocenters. The maximum Gasteiger partial charge on any atom is 0.223 e. The molecule has 0 fully saturated rings. The van der Waals surface area contributed by atoms with Crippen molar-refractivity contribution in [3.63, 3.8) is 0 Å². The van der Waals surface area contributed by atoms with Gasteiger partial charge in [-0.1, -0.05) is 18.2 Å². The highest BCUT2D eigenvalue weighted by Crippen LogP contribution is 2.14. The lowest BCUT2D eigenvalue weighted by atomic mass is 10.3. The Balaban J connectivity index is 1.65. The van der Waals surface area contributed by atoms with E-state index in [1.807, 2.05) is 42.8 Å². The monoisotopic (exact) mass is 291 g/mol. The van der Waals surface area contributed by atoms with Crippen molar-refractivity contribution in [3.8, 4) is 5.75 Å². The lowest BCUT2D eigenvalue weighted by molar-refractivity contribution is -0.121. The first-order valence-corrected chi connectivity index (χ1v) is 7.22. The average molecular weight is 291 g/mol. The minimum Gasteiger partial charge on any atom is -0.493 e. The quantitative estimate of drug-likeness (QED) is 0.821. The van der Waals surface area contributed by atoms with Gasteiger partial charge >= 0.3 is 0 Å². The van der Waals surface area contributed by atoms with Crippen LogP contribution < -0.4 is 15.4 Å². The van der Waals surface area contributed by atoms with Gasteiger partial charge in [-0.2, -0.15) is 0 Å². The molecular formula is C14H17N3O2S. The molecule has 0 aliphatic rings. The van der Waals surface area contributed by atoms with E-state index in [4.69, 9.17) is 4.74 Å². The molecular weight excluding hydrogens is 274 g/mol. The van der Waals surface area contributed by atoms with Crippen LogP contribution in [0.1, 0.15) is 12.1 Å². The molecule has 6 heteroatoms. The predicted molar refractivity (Wildman–Crippen MR) is 80.1 cm³/mol. The molecule has 2 rings (SSSR count). The van der Waals surface area contributed by atoms with Gasteiger partial charge in [0.1, 0.15) is 5.75 Å². The average Bonchev–Trinajstić information content (AvgIpc) is 2.94. The lowest BCUT2D eigenvalue weighted by Crippen LogP contribution is -2.24. The van der Waals surface area contributed by atoms with Gasteiger partial charge in [0, 0.05) is 12.4 Å². The molecule has 0 radical (unpaired) electrons. The number of para-hydroxylation sites is 1. The van der Waals surface area contributed by atoms with Crippen LogP contribution in [0.3, 0.4) is 0 Å². The van der Waals surface area contributed by atoms with Gasteiger partial charge in [0.05, 0.1) is 25.3 Å². The number of amides is 1. The number of nitrogens with zero attached hydrogens (tertiary/aromatic N) is 1. The molecule has 1 aromatic heterocycles. The first-order valence-electron chi connectivity index (χ1n) is 6.34. The first kappa shape index (κ1) is 14.3. The van der Waals surface area contributed by atoms with E-state index in [1.165, 1.54) is 11.3 Å². The highest BCUT2D eigenvalue weighted by Gasteiger charge is 2.04. The summed E-state index contributed by atoms with van der Waals surface area (Å²) in [6, 6.07) is 9.46. The van der Waals surface area contributed by atoms with Crippen molar-refractivity contribution in [3.05, 3.63) is 41.4 Å². The molecule has 1 aromatic carbocycles. The number of hydrogen-bond acceptors (Lipinski definition) is 5. The number of carbonyl (C=O) groups is 1. The summed E-state index contributed by atoms with van der Waals surface area (Å²) >= 11 is 1.52. The summed E-state index contributed by atoms with van der Waals surface area (Å²) in [6.45, 7) is 0.816. The number of rotatable bonds is 7. The molecule has 5 nitrogen and oxygen atoms in total. The van der Waals surface area contributed by atoms with Gasteiger partial charge in [-0.05, 0) is 12.1 Å². The van der Waals surface area contributed by atoms with Gasteiger partial charge in [-0.3, -0.25) is 4.79 Å². The molecule has 0 atom stereocenters. The van der Waals surface area contributed by atoms with Crippen LogP contribution in [-0.2, 0) is 11.3 Å². The Hall–Kier alpha value is -2.08. The summed E-state index contributed by atoms with van der Waals surface area (Å²) < 4.78 is 5.47. The van der Waals surface area contributed by atoms with Crippen LogP contribution in [0, 0.1) is 0 Å². The van der Waals surface area contributed by atoms with Crippen molar-refractivity contribution in [2.75, 3.05) is 19.0 Å². The molecule has 1 amide bonds. The number of benzene rings is 1. The van der Waals surface area contributed by atoms with Gasteiger partial charge in [0.25, 0.3) is 0 Å². The maximum atomic E-state index is 11.7. The summed E-state index contributed by atoms with van der Waals surface area (Å²) in [5.74, 6) is 0.735. The minimum atomic E-state index is -0.0417. The normalized spacial score (nSPS) is 10.1. The highest BCUT2D eigenvalue weighted by atomic mass is 32.1. The van der Waals surface area contributed by atoms with Gasteiger partial charge < -0.3 is 15.4 Å². The van der Waals surface area contributed by atoms with E-state index in [-0.39, 0.29) is 5.91 Å². The molecule has 0 saturated heterocycles. The fourth-order valence-corrected chi connectivity index (χ4v) is 2.23. The van der Waals surface area contributed by atoms with Gasteiger partial charge in [0.2, 0.25) is 5.91 Å². The molecule has 1 heterocycles. The van der Waals surface area contributed by atoms with E-state index in [2.05, 4.69) is 15.6 Å². The van der Waals surface area contributed by atoms with Crippen molar-refractivity contribution in [1.82, 2.24) is 10.3 Å². The standard InChI is InChI=1S/C14H17N3O2S/c1-15-14-17-11(10-20-14)9-16-13(18)7-8-19-12-5-3-2-4-6-12/h2-6,10H,7-9H2,1H3,(H,15,17)(H,16,18). The maximum absolute atomic E-state index is 11.7. The van der Waals surface area contributed by atoms with Crippen molar-refractivity contribution in [1.29, 1.82) is 0 Å². The second-order valence-corrected chi connectivity index (χ2v) is 4.94. The first-order chi connectivity index (χ1) is 9.78. The fraction of sp³-hybridized carbons (Fsp3) is 0.286. The van der Waals surface area contributed by atoms with E-state index >= 15 is 0 Å². The number of anilines is 1. The Kier molecular flexibility index (Phi) is 5.37. The third kappa shape index (κ3) is 4.55. The topological polar surface area (TPSA) is 63.2 Å². The Morgan fingerprint density at radius 3 is 2.85 bits per heavy atom. The number of thiazole rings is 1. The van der Waals surface area contributed by atoms with Crippen LogP contribution in [0.2, 0.25) is 0 Å². The second kappa shape index (κ2) is 7.49. The third-order valence-corrected chi connectivity index (χ3v) is 3.48. The van der Waals surface area contributed by atoms with E-state index in [0.29, 0.717) is 19.6 Å². The largest absolute Gasteiger partial charge is 0.493 e. The van der Waals surface area contributed by atoms with Crippen LogP contribution in [0.15, 0.2) is 35.7 Å². The number of carbonyl (C=O) groups excluding carboxylic acids is 1. The number of hydrogen-bond donors (Lipinski definition) is 2. The predicted octanol–water partition coefficient (Wildman–Crippen LogP) is 2.27. The molecule has 0 aliphatic carbocycles. The van der Waals surface area contributed by atoms with Crippen LogP contribution in [-0.4, -0.2) is 24.5 Å². The Morgan fingerprint density at radius 1 is 1.35 bits per heavy atom. The zero-order valence-electron chi connectivity index (χ0n) is 11.3. The lowest BCUT2D eigenvalue weighted by Gasteiger charge is -2.06. The molecule has 0 saturated carbocycles. The number of nitrogens with one attached hydrogen (secondary N) is 2. The fourth-order valence-electron chi connectivity index (χ4n) is 1.56. The zero-order valence-corrected chi connectivity index (χ0v) is 12.1. The van der Waals surface area contributed by atoms with Gasteiger partial charge in [-0.25, -0.2) is 4.98 Å². The SMILES string of the molecule is CNc1nc(CNC(=O)CCOc2ccccc2)cs1. The van der Waals surface area contributed by atoms with Gasteiger partial charge in [-0.15, -0.1) is 11.3 Å². The van der Waals surface area contributed by atoms with Crippen LogP contribution >= 0.6 is 11.3 Å². The summed E-state index contributed by atoms with van der Waals surface area (Å²) in [4.78, 5) is 15.9. The van der Waals surface area contributed by atoms with Crippen molar-refractivity contribution in [2.45, 2.75) is 13.0 Å². The van der Waals surface area contributed by atoms with Crippen molar-refractivity contribution < 1.29 is 9.53 Å². The van der Waals surface area contributed by atoms with E-state index < -0.39 is 0 Å². The summed E-state index contributed by atoms with van der Waals surface area (Å²) in [5.41, 5.74) is 0.858. The van der Waals surface area contributed by atoms with Crippen molar-refractivity contribution in [2.24, 2.45) is 0 Å². The summed E-state index contributed by atoms with van der Waals surface area (Å²) in [7, 11) is 1.82. The van der Waals surface area contributed by atoms with E-state index in [1.54, 1.807) is 0 Å². The second-order valence-electron chi connectivity index (χ2n) is 4.08. The Bertz CT molecular complexity index is 542. The van der Waals surface area contributed by atoms with Crippen molar-refractivity contribution >= 4 is 22.4 Å². The summed E-state index contributed by atoms with van der Waals surface area (Å²) in [6.07, 6.45) is 0.331. The highest BCUT2D eigenvalue weighted by molar-refractivity contribution is 7.13. The molecule has 2 N–H and O–H groups in total. The van der Waals surface area contributed by atoms with E-state index in [9.17, 15) is 4.79 Å². The number of aromatic nitrogens is 1. The Morgan fingerprint density at radius 2 is 2.15 bits per heavy atom. The van der Waals surface area contributed by atoms with E-state index in [0.717, 1.165) is 16.6 Å². The zero-order chi connectivity index (χ0) is 14.2. The molecule has 2 aromatic rings. The molecule has 0 bridgehead atoms. The molecule has 20 heavy (non-hydrogen) atoms. The van der Waals surface area contributed by atoms with Crippen LogP contribution in [0.4, 0.5) is 5.13 Å². The van der Waals surface area contributed by atoms with Crippen LogP contribution in [0.5, 0.6) is 5.75 Å². The summed E-state index contributed by atoms with van der Waals surface area (Å²) in [5, 5.41) is 8.55. The molecule has 0 aliphatic heterocycles. The Labute approximate surface area is 122 Å². The van der Waals surface area contributed by atoms with Gasteiger partial charge in [0.15, 0.2) is 5.13 Å².